The van der Waals surface area contributed by atoms with Gasteiger partial charge in [0.1, 0.15) is 0 Å². The number of hydrogen-bond donors (Lipinski definition) is 4. The molecule has 4 amide bonds. The van der Waals surface area contributed by atoms with Gasteiger partial charge in [0.2, 0.25) is 23.6 Å². The van der Waals surface area contributed by atoms with Gasteiger partial charge >= 0.3 is 0 Å². The first-order valence-corrected chi connectivity index (χ1v) is 15.6. The van der Waals surface area contributed by atoms with Gasteiger partial charge < -0.3 is 40.1 Å². The number of methoxy groups -OCH3 is 2. The molecule has 5 atom stereocenters. The lowest BCUT2D eigenvalue weighted by molar-refractivity contribution is -0.142. The Kier molecular flexibility index (Phi) is 16.9. The van der Waals surface area contributed by atoms with Crippen LogP contribution in [-0.4, -0.2) is 123 Å². The molecule has 14 heteroatoms. The fourth-order valence-electron chi connectivity index (χ4n) is 5.58. The quantitative estimate of drug-likeness (QED) is 0.111. The molecule has 5 N–H and O–H groups in total. The van der Waals surface area contributed by atoms with Crippen molar-refractivity contribution in [2.45, 2.75) is 70.7 Å². The number of nitrogens with one attached hydrogen (secondary N) is 3. The Hall–Kier alpha value is -3.17. The van der Waals surface area contributed by atoms with Crippen molar-refractivity contribution in [3.05, 3.63) is 30.1 Å². The monoisotopic (exact) mass is 635 g/mol. The van der Waals surface area contributed by atoms with Crippen LogP contribution in [0.2, 0.25) is 0 Å². The van der Waals surface area contributed by atoms with Crippen molar-refractivity contribution in [1.29, 1.82) is 0 Å². The van der Waals surface area contributed by atoms with Gasteiger partial charge in [0.15, 0.2) is 0 Å². The third-order valence-corrected chi connectivity index (χ3v) is 8.23. The van der Waals surface area contributed by atoms with Crippen LogP contribution in [-0.2, 0) is 39.9 Å². The van der Waals surface area contributed by atoms with Gasteiger partial charge in [-0.05, 0) is 42.9 Å². The summed E-state index contributed by atoms with van der Waals surface area (Å²) in [6.07, 6.45) is 4.69. The number of rotatable bonds is 20. The van der Waals surface area contributed by atoms with Gasteiger partial charge in [-0.25, -0.2) is 5.90 Å². The summed E-state index contributed by atoms with van der Waals surface area (Å²) in [6, 6.07) is 3.07. The van der Waals surface area contributed by atoms with Crippen LogP contribution in [0.4, 0.5) is 0 Å². The Morgan fingerprint density at radius 2 is 1.78 bits per heavy atom. The summed E-state index contributed by atoms with van der Waals surface area (Å²) >= 11 is 0. The maximum atomic E-state index is 13.5. The molecule has 1 saturated heterocycles. The van der Waals surface area contributed by atoms with E-state index in [1.165, 1.54) is 12.0 Å². The van der Waals surface area contributed by atoms with Crippen molar-refractivity contribution in [1.82, 2.24) is 30.7 Å². The molecule has 14 nitrogen and oxygen atoms in total. The molecule has 1 fully saturated rings. The van der Waals surface area contributed by atoms with Crippen molar-refractivity contribution in [2.75, 3.05) is 60.6 Å². The molecule has 1 aliphatic rings. The molecule has 0 unspecified atom stereocenters. The van der Waals surface area contributed by atoms with Crippen LogP contribution in [0.1, 0.15) is 45.6 Å². The van der Waals surface area contributed by atoms with Gasteiger partial charge in [0.05, 0.1) is 49.8 Å². The number of carbonyl (C=O) groups excluding carboxylic acids is 4. The molecule has 45 heavy (non-hydrogen) atoms. The predicted molar refractivity (Wildman–Crippen MR) is 168 cm³/mol. The number of amides is 4. The van der Waals surface area contributed by atoms with Crippen molar-refractivity contribution < 1.29 is 33.5 Å². The van der Waals surface area contributed by atoms with Crippen molar-refractivity contribution in [3.8, 4) is 0 Å². The zero-order valence-electron chi connectivity index (χ0n) is 27.6. The SMILES string of the molecule is CO[C@H](CC(=O)N1CCC[C@H]1[C@H](OC)[C@@H](C)C(=O)NCCc1ccncc1)CN(C)C(=O)CNC(=O)[C@@H](NCCON)C(C)C. The van der Waals surface area contributed by atoms with Crippen LogP contribution < -0.4 is 21.8 Å². The second kappa shape index (κ2) is 20.1. The molecule has 0 bridgehead atoms. The Labute approximate surface area is 267 Å². The zero-order valence-corrected chi connectivity index (χ0v) is 27.6. The topological polar surface area (TPSA) is 177 Å². The average molecular weight is 636 g/mol. The molecule has 0 saturated carbocycles. The number of carbonyl (C=O) groups is 4. The van der Waals surface area contributed by atoms with E-state index < -0.39 is 24.2 Å². The first kappa shape index (κ1) is 38.0. The average Bonchev–Trinajstić information content (AvgIpc) is 3.51. The molecule has 1 aromatic rings. The number of hydrogen-bond acceptors (Lipinski definition) is 10. The molecule has 1 aliphatic heterocycles. The highest BCUT2D eigenvalue weighted by molar-refractivity contribution is 5.87. The van der Waals surface area contributed by atoms with Crippen LogP contribution in [0.5, 0.6) is 0 Å². The lowest BCUT2D eigenvalue weighted by atomic mass is 9.94. The van der Waals surface area contributed by atoms with E-state index >= 15 is 0 Å². The van der Waals surface area contributed by atoms with Crippen molar-refractivity contribution in [2.24, 2.45) is 17.7 Å². The minimum atomic E-state index is -0.556. The normalized spacial score (nSPS) is 17.4. The Morgan fingerprint density at radius 3 is 2.40 bits per heavy atom. The zero-order chi connectivity index (χ0) is 33.4. The van der Waals surface area contributed by atoms with Gasteiger partial charge in [-0.3, -0.25) is 24.2 Å². The molecule has 0 aliphatic carbocycles. The second-order valence-corrected chi connectivity index (χ2v) is 11.8. The molecule has 254 valence electrons. The molecular weight excluding hydrogens is 582 g/mol. The van der Waals surface area contributed by atoms with E-state index in [1.54, 1.807) is 31.5 Å². The number of likely N-dealkylation sites (tertiary alicyclic amines) is 1. The third-order valence-electron chi connectivity index (χ3n) is 8.23. The van der Waals surface area contributed by atoms with Crippen molar-refractivity contribution >= 4 is 23.6 Å². The highest BCUT2D eigenvalue weighted by atomic mass is 16.6. The fraction of sp³-hybridized carbons (Fsp3) is 0.710. The number of aromatic nitrogens is 1. The molecule has 2 heterocycles. The first-order valence-electron chi connectivity index (χ1n) is 15.6. The van der Waals surface area contributed by atoms with Gasteiger partial charge in [-0.1, -0.05) is 20.8 Å². The van der Waals surface area contributed by atoms with E-state index in [9.17, 15) is 19.2 Å². The molecule has 1 aromatic heterocycles. The van der Waals surface area contributed by atoms with Gasteiger partial charge in [-0.15, -0.1) is 0 Å². The molecular formula is C31H53N7O7. The van der Waals surface area contributed by atoms with Gasteiger partial charge in [0.25, 0.3) is 0 Å². The van der Waals surface area contributed by atoms with E-state index in [1.807, 2.05) is 32.9 Å². The Bertz CT molecular complexity index is 1060. The van der Waals surface area contributed by atoms with Crippen LogP contribution in [0.15, 0.2) is 24.5 Å². The summed E-state index contributed by atoms with van der Waals surface area (Å²) in [5.74, 6) is 3.70. The number of likely N-dealkylation sites (N-methyl/N-ethyl adjacent to an activating group) is 1. The molecule has 0 aromatic carbocycles. The fourth-order valence-corrected chi connectivity index (χ4v) is 5.58. The van der Waals surface area contributed by atoms with E-state index in [4.69, 9.17) is 15.4 Å². The maximum absolute atomic E-state index is 13.5. The highest BCUT2D eigenvalue weighted by Gasteiger charge is 2.40. The van der Waals surface area contributed by atoms with Gasteiger partial charge in [-0.2, -0.15) is 0 Å². The summed E-state index contributed by atoms with van der Waals surface area (Å²) < 4.78 is 11.4. The number of ether oxygens (including phenoxy) is 2. The Morgan fingerprint density at radius 1 is 1.07 bits per heavy atom. The smallest absolute Gasteiger partial charge is 0.241 e. The lowest BCUT2D eigenvalue weighted by Crippen LogP contribution is -2.51. The minimum absolute atomic E-state index is 0.0124. The summed E-state index contributed by atoms with van der Waals surface area (Å²) in [6.45, 7) is 7.28. The standard InChI is InChI=1S/C31H53N7O7/c1-21(2)28(34-15-17-45-32)31(42)36-19-27(40)37(4)20-24(43-5)18-26(39)38-16-7-8-25(38)29(44-6)22(3)30(41)35-14-11-23-9-12-33-13-10-23/h9-10,12-13,21-22,24-25,28-29,34H,7-8,11,14-20,32H2,1-6H3,(H,35,41)(H,36,42)/t22-,24-,25+,28+,29-/m1/s1. The maximum Gasteiger partial charge on any atom is 0.241 e. The first-order chi connectivity index (χ1) is 21.5. The summed E-state index contributed by atoms with van der Waals surface area (Å²) in [7, 11) is 4.67. The van der Waals surface area contributed by atoms with Gasteiger partial charge in [0, 0.05) is 59.8 Å². The molecule has 2 rings (SSSR count). The summed E-state index contributed by atoms with van der Waals surface area (Å²) in [5.41, 5.74) is 1.08. The van der Waals surface area contributed by atoms with Crippen LogP contribution >= 0.6 is 0 Å². The van der Waals surface area contributed by atoms with Crippen LogP contribution in [0.25, 0.3) is 0 Å². The van der Waals surface area contributed by atoms with E-state index in [-0.39, 0.29) is 61.7 Å². The van der Waals surface area contributed by atoms with E-state index in [0.29, 0.717) is 26.1 Å². The largest absolute Gasteiger partial charge is 0.379 e. The highest BCUT2D eigenvalue weighted by Crippen LogP contribution is 2.27. The molecule has 0 radical (unpaired) electrons. The van der Waals surface area contributed by atoms with Crippen molar-refractivity contribution in [3.63, 3.8) is 0 Å². The van der Waals surface area contributed by atoms with Crippen LogP contribution in [0, 0.1) is 11.8 Å². The number of pyridine rings is 1. The number of nitrogens with two attached hydrogens (primary N) is 1. The van der Waals surface area contributed by atoms with E-state index in [0.717, 1.165) is 18.4 Å². The minimum Gasteiger partial charge on any atom is -0.379 e. The van der Waals surface area contributed by atoms with E-state index in [2.05, 4.69) is 25.8 Å². The summed E-state index contributed by atoms with van der Waals surface area (Å²) in [4.78, 5) is 63.7. The third kappa shape index (κ3) is 12.3. The number of nitrogens with zero attached hydrogens (tertiary/aromatic N) is 3. The van der Waals surface area contributed by atoms with Crippen LogP contribution in [0.3, 0.4) is 0 Å². The second-order valence-electron chi connectivity index (χ2n) is 11.8. The summed E-state index contributed by atoms with van der Waals surface area (Å²) in [5, 5.41) is 8.74. The molecule has 0 spiro atoms. The lowest BCUT2D eigenvalue weighted by Gasteiger charge is -2.34. The predicted octanol–water partition coefficient (Wildman–Crippen LogP) is -0.133. The Balaban J connectivity index is 1.89.